The molecule has 0 aliphatic carbocycles. The maximum atomic E-state index is 12.0. The zero-order valence-electron chi connectivity index (χ0n) is 10.9. The van der Waals surface area contributed by atoms with Gasteiger partial charge in [-0.05, 0) is 18.2 Å². The van der Waals surface area contributed by atoms with Crippen molar-refractivity contribution in [3.63, 3.8) is 0 Å². The maximum Gasteiger partial charge on any atom is 0.294 e. The fourth-order valence-electron chi connectivity index (χ4n) is 1.73. The summed E-state index contributed by atoms with van der Waals surface area (Å²) in [4.78, 5) is 12.0. The average Bonchev–Trinajstić information content (AvgIpc) is 2.47. The minimum absolute atomic E-state index is 0.213. The lowest BCUT2D eigenvalue weighted by Gasteiger charge is -2.16. The summed E-state index contributed by atoms with van der Waals surface area (Å²) < 4.78 is 10.3. The van der Waals surface area contributed by atoms with Gasteiger partial charge in [0.05, 0.1) is 0 Å². The number of benzene rings is 1. The number of carbonyl (C=O) groups is 1. The van der Waals surface area contributed by atoms with E-state index >= 15 is 0 Å². The number of para-hydroxylation sites is 1. The average molecular weight is 262 g/mol. The van der Waals surface area contributed by atoms with Crippen LogP contribution in [0.5, 0.6) is 0 Å². The summed E-state index contributed by atoms with van der Waals surface area (Å²) in [5.41, 5.74) is 1.82. The summed E-state index contributed by atoms with van der Waals surface area (Å²) in [6.45, 7) is 4.51. The van der Waals surface area contributed by atoms with Gasteiger partial charge >= 0.3 is 0 Å². The number of ether oxygens (including phenoxy) is 2. The molecule has 0 aromatic heterocycles. The second-order valence-electron chi connectivity index (χ2n) is 4.09. The van der Waals surface area contributed by atoms with Crippen molar-refractivity contribution < 1.29 is 14.3 Å². The van der Waals surface area contributed by atoms with Crippen molar-refractivity contribution in [2.24, 2.45) is 0 Å². The van der Waals surface area contributed by atoms with Crippen molar-refractivity contribution in [1.29, 1.82) is 0 Å². The molecule has 2 N–H and O–H groups in total. The van der Waals surface area contributed by atoms with E-state index in [0.717, 1.165) is 17.8 Å². The monoisotopic (exact) mass is 262 g/mol. The molecule has 1 aliphatic heterocycles. The molecule has 0 saturated heterocycles. The molecule has 0 spiro atoms. The molecule has 5 heteroatoms. The van der Waals surface area contributed by atoms with Gasteiger partial charge in [0, 0.05) is 12.2 Å². The number of amides is 1. The number of hydrogen-bond acceptors (Lipinski definition) is 4. The van der Waals surface area contributed by atoms with Crippen molar-refractivity contribution in [2.75, 3.05) is 25.1 Å². The van der Waals surface area contributed by atoms with E-state index in [2.05, 4.69) is 10.6 Å². The number of anilines is 1. The van der Waals surface area contributed by atoms with E-state index in [-0.39, 0.29) is 11.7 Å². The van der Waals surface area contributed by atoms with Crippen LogP contribution in [0.4, 0.5) is 5.69 Å². The molecule has 0 saturated carbocycles. The van der Waals surface area contributed by atoms with Crippen LogP contribution in [0.15, 0.2) is 36.3 Å². The van der Waals surface area contributed by atoms with Crippen LogP contribution in [-0.4, -0.2) is 25.7 Å². The molecule has 5 nitrogen and oxygen atoms in total. The largest absolute Gasteiger partial charge is 0.494 e. The van der Waals surface area contributed by atoms with Crippen molar-refractivity contribution in [1.82, 2.24) is 5.32 Å². The molecule has 0 radical (unpaired) electrons. The molecule has 1 heterocycles. The minimum atomic E-state index is -0.288. The Morgan fingerprint density at radius 3 is 2.89 bits per heavy atom. The minimum Gasteiger partial charge on any atom is -0.494 e. The van der Waals surface area contributed by atoms with Gasteiger partial charge in [-0.3, -0.25) is 4.79 Å². The van der Waals surface area contributed by atoms with Gasteiger partial charge in [0.25, 0.3) is 5.91 Å². The lowest BCUT2D eigenvalue weighted by Crippen LogP contribution is -2.22. The molecular weight excluding hydrogens is 244 g/mol. The molecule has 1 aromatic rings. The number of rotatable bonds is 5. The Morgan fingerprint density at radius 1 is 1.32 bits per heavy atom. The highest BCUT2D eigenvalue weighted by Gasteiger charge is 2.16. The van der Waals surface area contributed by atoms with Crippen LogP contribution in [0.3, 0.4) is 0 Å². The van der Waals surface area contributed by atoms with Crippen molar-refractivity contribution in [2.45, 2.75) is 13.5 Å². The second-order valence-corrected chi connectivity index (χ2v) is 4.09. The summed E-state index contributed by atoms with van der Waals surface area (Å²) in [6, 6.07) is 7.68. The van der Waals surface area contributed by atoms with E-state index in [1.54, 1.807) is 0 Å². The topological polar surface area (TPSA) is 59.6 Å². The van der Waals surface area contributed by atoms with Crippen LogP contribution in [-0.2, 0) is 20.8 Å². The summed E-state index contributed by atoms with van der Waals surface area (Å²) in [6.07, 6.45) is 1.35. The molecule has 0 bridgehead atoms. The Morgan fingerprint density at radius 2 is 2.16 bits per heavy atom. The van der Waals surface area contributed by atoms with Crippen LogP contribution in [0.1, 0.15) is 12.5 Å². The number of hydrogen-bond donors (Lipinski definition) is 2. The first kappa shape index (κ1) is 13.4. The Kier molecular flexibility index (Phi) is 4.80. The van der Waals surface area contributed by atoms with E-state index in [9.17, 15) is 4.79 Å². The highest BCUT2D eigenvalue weighted by atomic mass is 16.6. The van der Waals surface area contributed by atoms with Gasteiger partial charge in [-0.15, -0.1) is 0 Å². The molecule has 19 heavy (non-hydrogen) atoms. The fourth-order valence-corrected chi connectivity index (χ4v) is 1.73. The predicted octanol–water partition coefficient (Wildman–Crippen LogP) is 1.62. The predicted molar refractivity (Wildman–Crippen MR) is 72.4 cm³/mol. The molecule has 0 fully saturated rings. The van der Waals surface area contributed by atoms with Crippen LogP contribution < -0.4 is 10.6 Å². The summed E-state index contributed by atoms with van der Waals surface area (Å²) in [5, 5.41) is 6.07. The van der Waals surface area contributed by atoms with Gasteiger partial charge in [0.1, 0.15) is 19.5 Å². The fraction of sp³-hybridized carbons (Fsp3) is 0.357. The first-order valence-corrected chi connectivity index (χ1v) is 6.36. The lowest BCUT2D eigenvalue weighted by molar-refractivity contribution is -0.117. The third kappa shape index (κ3) is 3.72. The Labute approximate surface area is 112 Å². The first-order chi connectivity index (χ1) is 9.31. The zero-order valence-corrected chi connectivity index (χ0v) is 10.9. The van der Waals surface area contributed by atoms with Gasteiger partial charge in [0.2, 0.25) is 5.76 Å². The Bertz CT molecular complexity index is 472. The van der Waals surface area contributed by atoms with Crippen LogP contribution in [0, 0.1) is 0 Å². The number of carbonyl (C=O) groups excluding carboxylic acids is 1. The van der Waals surface area contributed by atoms with Crippen LogP contribution in [0.25, 0.3) is 0 Å². The quantitative estimate of drug-likeness (QED) is 0.846. The van der Waals surface area contributed by atoms with Gasteiger partial charge in [0.15, 0.2) is 0 Å². The third-order valence-electron chi connectivity index (χ3n) is 2.70. The van der Waals surface area contributed by atoms with Crippen LogP contribution >= 0.6 is 0 Å². The molecule has 1 aliphatic rings. The number of nitrogens with one attached hydrogen (secondary N) is 2. The van der Waals surface area contributed by atoms with E-state index in [1.807, 2.05) is 31.2 Å². The van der Waals surface area contributed by atoms with E-state index < -0.39 is 0 Å². The van der Waals surface area contributed by atoms with Crippen molar-refractivity contribution in [3.8, 4) is 0 Å². The third-order valence-corrected chi connectivity index (χ3v) is 2.70. The molecule has 2 rings (SSSR count). The van der Waals surface area contributed by atoms with Crippen molar-refractivity contribution in [3.05, 3.63) is 41.9 Å². The van der Waals surface area contributed by atoms with Gasteiger partial charge in [-0.2, -0.15) is 0 Å². The first-order valence-electron chi connectivity index (χ1n) is 6.36. The Hall–Kier alpha value is -2.01. The summed E-state index contributed by atoms with van der Waals surface area (Å²) >= 11 is 0. The van der Waals surface area contributed by atoms with Gasteiger partial charge in [-0.1, -0.05) is 25.1 Å². The molecule has 1 aromatic carbocycles. The van der Waals surface area contributed by atoms with E-state index in [1.165, 1.54) is 6.26 Å². The summed E-state index contributed by atoms with van der Waals surface area (Å²) in [5.74, 6) is -0.0758. The van der Waals surface area contributed by atoms with E-state index in [0.29, 0.717) is 19.8 Å². The normalized spacial score (nSPS) is 14.1. The highest BCUT2D eigenvalue weighted by molar-refractivity contribution is 6.02. The second kappa shape index (κ2) is 6.80. The van der Waals surface area contributed by atoms with Crippen molar-refractivity contribution >= 4 is 11.6 Å². The smallest absolute Gasteiger partial charge is 0.294 e. The van der Waals surface area contributed by atoms with Gasteiger partial charge < -0.3 is 20.1 Å². The molecule has 0 atom stereocenters. The standard InChI is InChI=1S/C14H18N2O3/c1-2-15-9-11-5-3-4-6-12(11)16-14(17)13-10-18-7-8-19-13/h3-6,10,15H,2,7-9H2,1H3,(H,16,17). The molecule has 1 amide bonds. The molecule has 0 unspecified atom stereocenters. The Balaban J connectivity index is 2.05. The summed E-state index contributed by atoms with van der Waals surface area (Å²) in [7, 11) is 0. The maximum absolute atomic E-state index is 12.0. The molecular formula is C14H18N2O3. The molecule has 102 valence electrons. The van der Waals surface area contributed by atoms with Crippen LogP contribution in [0.2, 0.25) is 0 Å². The SMILES string of the molecule is CCNCc1ccccc1NC(=O)C1=COCCO1. The highest BCUT2D eigenvalue weighted by Crippen LogP contribution is 2.16. The van der Waals surface area contributed by atoms with Gasteiger partial charge in [-0.25, -0.2) is 0 Å². The lowest BCUT2D eigenvalue weighted by atomic mass is 10.1. The van der Waals surface area contributed by atoms with E-state index in [4.69, 9.17) is 9.47 Å². The zero-order chi connectivity index (χ0) is 13.5.